The van der Waals surface area contributed by atoms with E-state index in [1.807, 2.05) is 24.3 Å². The Labute approximate surface area is 178 Å². The Morgan fingerprint density at radius 2 is 2.10 bits per heavy atom. The number of amides is 1. The molecule has 0 saturated carbocycles. The third-order valence-corrected chi connectivity index (χ3v) is 8.04. The Kier molecular flexibility index (Phi) is 5.11. The molecule has 0 bridgehead atoms. The van der Waals surface area contributed by atoms with Crippen molar-refractivity contribution in [1.29, 1.82) is 0 Å². The molecule has 3 aromatic heterocycles. The molecule has 5 rings (SSSR count). The van der Waals surface area contributed by atoms with Gasteiger partial charge in [0.1, 0.15) is 15.7 Å². The van der Waals surface area contributed by atoms with E-state index in [0.717, 1.165) is 44.7 Å². The zero-order valence-electron chi connectivity index (χ0n) is 15.5. The number of aromatic amines is 1. The fourth-order valence-corrected chi connectivity index (χ4v) is 6.48. The maximum absolute atomic E-state index is 12.5. The first-order valence-corrected chi connectivity index (χ1v) is 12.2. The van der Waals surface area contributed by atoms with E-state index in [4.69, 9.17) is 0 Å². The Hall–Kier alpha value is -2.23. The van der Waals surface area contributed by atoms with Gasteiger partial charge in [0.25, 0.3) is 5.56 Å². The normalized spacial score (nSPS) is 13.2. The van der Waals surface area contributed by atoms with Gasteiger partial charge >= 0.3 is 0 Å². The van der Waals surface area contributed by atoms with Gasteiger partial charge in [-0.25, -0.2) is 9.97 Å². The fourth-order valence-electron chi connectivity index (χ4n) is 3.58. The van der Waals surface area contributed by atoms with Crippen LogP contribution in [-0.2, 0) is 29.9 Å². The molecule has 9 heteroatoms. The first-order chi connectivity index (χ1) is 14.2. The number of aryl methyl sites for hydroxylation is 2. The van der Waals surface area contributed by atoms with Gasteiger partial charge in [0.15, 0.2) is 0 Å². The van der Waals surface area contributed by atoms with E-state index in [2.05, 4.69) is 20.3 Å². The Balaban J connectivity index is 1.16. The zero-order chi connectivity index (χ0) is 19.8. The molecular formula is C20H18N4O2S3. The second-order valence-corrected chi connectivity index (χ2v) is 10.1. The van der Waals surface area contributed by atoms with Crippen LogP contribution in [0.3, 0.4) is 0 Å². The van der Waals surface area contributed by atoms with Crippen molar-refractivity contribution in [2.45, 2.75) is 31.6 Å². The van der Waals surface area contributed by atoms with Crippen LogP contribution in [0.4, 0.5) is 0 Å². The average Bonchev–Trinajstić information content (AvgIpc) is 3.39. The SMILES string of the molecule is O=C(CSCc1nc2sc3c(c2c(=O)[nH]1)CCC3)NCc1nc2ccccc2s1. The largest absolute Gasteiger partial charge is 0.349 e. The Morgan fingerprint density at radius 3 is 3.00 bits per heavy atom. The number of aromatic nitrogens is 3. The quantitative estimate of drug-likeness (QED) is 0.476. The van der Waals surface area contributed by atoms with Crippen LogP contribution in [0, 0.1) is 0 Å². The first kappa shape index (κ1) is 18.8. The molecule has 148 valence electrons. The van der Waals surface area contributed by atoms with Crippen molar-refractivity contribution in [2.75, 3.05) is 5.75 Å². The molecule has 1 aromatic carbocycles. The summed E-state index contributed by atoms with van der Waals surface area (Å²) in [5, 5.41) is 4.57. The van der Waals surface area contributed by atoms with Crippen molar-refractivity contribution in [1.82, 2.24) is 20.3 Å². The van der Waals surface area contributed by atoms with Crippen LogP contribution in [0.2, 0.25) is 0 Å². The summed E-state index contributed by atoms with van der Waals surface area (Å²) >= 11 is 4.67. The number of benzene rings is 1. The van der Waals surface area contributed by atoms with Gasteiger partial charge in [-0.05, 0) is 37.0 Å². The molecule has 3 heterocycles. The van der Waals surface area contributed by atoms with Crippen molar-refractivity contribution in [3.63, 3.8) is 0 Å². The summed E-state index contributed by atoms with van der Waals surface area (Å²) in [6.45, 7) is 0.431. The molecule has 2 N–H and O–H groups in total. The maximum atomic E-state index is 12.5. The number of rotatable bonds is 6. The van der Waals surface area contributed by atoms with Gasteiger partial charge in [0.2, 0.25) is 5.91 Å². The van der Waals surface area contributed by atoms with Crippen LogP contribution in [0.25, 0.3) is 20.4 Å². The van der Waals surface area contributed by atoms with E-state index >= 15 is 0 Å². The first-order valence-electron chi connectivity index (χ1n) is 9.40. The van der Waals surface area contributed by atoms with E-state index in [1.165, 1.54) is 22.2 Å². The minimum atomic E-state index is -0.0507. The van der Waals surface area contributed by atoms with Crippen molar-refractivity contribution in [3.05, 3.63) is 55.9 Å². The lowest BCUT2D eigenvalue weighted by atomic mass is 10.2. The molecule has 0 unspecified atom stereocenters. The summed E-state index contributed by atoms with van der Waals surface area (Å²) in [5.74, 6) is 1.40. The number of thiophene rings is 1. The standard InChI is InChI=1S/C20H18N4O2S3/c25-16(21-8-17-22-12-5-1-2-6-14(12)28-17)10-27-9-15-23-19(26)18-11-4-3-7-13(11)29-20(18)24-15/h1-2,5-6H,3-4,7-10H2,(H,21,25)(H,23,24,26). The summed E-state index contributed by atoms with van der Waals surface area (Å²) in [7, 11) is 0. The van der Waals surface area contributed by atoms with Crippen molar-refractivity contribution in [2.24, 2.45) is 0 Å². The molecular weight excluding hydrogens is 424 g/mol. The van der Waals surface area contributed by atoms with E-state index < -0.39 is 0 Å². The highest BCUT2D eigenvalue weighted by Crippen LogP contribution is 2.34. The number of carbonyl (C=O) groups is 1. The summed E-state index contributed by atoms with van der Waals surface area (Å²) in [4.78, 5) is 38.8. The molecule has 1 aliphatic rings. The number of nitrogens with one attached hydrogen (secondary N) is 2. The van der Waals surface area contributed by atoms with Gasteiger partial charge in [0, 0.05) is 4.88 Å². The zero-order valence-corrected chi connectivity index (χ0v) is 17.9. The lowest BCUT2D eigenvalue weighted by Crippen LogP contribution is -2.24. The molecule has 0 aliphatic heterocycles. The van der Waals surface area contributed by atoms with Crippen LogP contribution in [0.5, 0.6) is 0 Å². The van der Waals surface area contributed by atoms with E-state index in [9.17, 15) is 9.59 Å². The molecule has 0 spiro atoms. The van der Waals surface area contributed by atoms with E-state index in [1.54, 1.807) is 22.7 Å². The third-order valence-electron chi connectivity index (χ3n) is 4.87. The summed E-state index contributed by atoms with van der Waals surface area (Å²) in [6.07, 6.45) is 3.15. The number of H-pyrrole nitrogens is 1. The fraction of sp³-hybridized carbons (Fsp3) is 0.300. The van der Waals surface area contributed by atoms with Gasteiger partial charge in [-0.2, -0.15) is 0 Å². The predicted octanol–water partition coefficient (Wildman–Crippen LogP) is 3.63. The molecule has 1 aliphatic carbocycles. The van der Waals surface area contributed by atoms with Crippen molar-refractivity contribution >= 4 is 60.8 Å². The van der Waals surface area contributed by atoms with Crippen molar-refractivity contribution < 1.29 is 4.79 Å². The van der Waals surface area contributed by atoms with E-state index in [-0.39, 0.29) is 11.5 Å². The van der Waals surface area contributed by atoms with Crippen LogP contribution < -0.4 is 10.9 Å². The molecule has 0 atom stereocenters. The molecule has 0 fully saturated rings. The number of hydrogen-bond donors (Lipinski definition) is 2. The van der Waals surface area contributed by atoms with Gasteiger partial charge in [0.05, 0.1) is 33.7 Å². The smallest absolute Gasteiger partial charge is 0.259 e. The van der Waals surface area contributed by atoms with Crippen LogP contribution in [-0.4, -0.2) is 26.6 Å². The molecule has 6 nitrogen and oxygen atoms in total. The number of carbonyl (C=O) groups excluding carboxylic acids is 1. The highest BCUT2D eigenvalue weighted by Gasteiger charge is 2.21. The molecule has 1 amide bonds. The molecule has 29 heavy (non-hydrogen) atoms. The topological polar surface area (TPSA) is 87.7 Å². The van der Waals surface area contributed by atoms with E-state index in [0.29, 0.717) is 23.9 Å². The highest BCUT2D eigenvalue weighted by atomic mass is 32.2. The van der Waals surface area contributed by atoms with Crippen LogP contribution in [0.15, 0.2) is 29.1 Å². The number of fused-ring (bicyclic) bond motifs is 4. The van der Waals surface area contributed by atoms with Gasteiger partial charge < -0.3 is 10.3 Å². The van der Waals surface area contributed by atoms with Gasteiger partial charge in [-0.15, -0.1) is 34.4 Å². The number of thioether (sulfide) groups is 1. The number of para-hydroxylation sites is 1. The Bertz CT molecular complexity index is 1240. The number of hydrogen-bond acceptors (Lipinski definition) is 7. The minimum Gasteiger partial charge on any atom is -0.349 e. The maximum Gasteiger partial charge on any atom is 0.259 e. The summed E-state index contributed by atoms with van der Waals surface area (Å²) in [5.41, 5.74) is 2.10. The monoisotopic (exact) mass is 442 g/mol. The third kappa shape index (κ3) is 3.82. The average molecular weight is 443 g/mol. The highest BCUT2D eigenvalue weighted by molar-refractivity contribution is 7.99. The molecule has 0 radical (unpaired) electrons. The number of thiazole rings is 1. The summed E-state index contributed by atoms with van der Waals surface area (Å²) in [6, 6.07) is 7.95. The Morgan fingerprint density at radius 1 is 1.21 bits per heavy atom. The lowest BCUT2D eigenvalue weighted by molar-refractivity contribution is -0.118. The minimum absolute atomic E-state index is 0.0484. The van der Waals surface area contributed by atoms with Crippen LogP contribution >= 0.6 is 34.4 Å². The predicted molar refractivity (Wildman–Crippen MR) is 120 cm³/mol. The summed E-state index contributed by atoms with van der Waals surface area (Å²) < 4.78 is 1.12. The lowest BCUT2D eigenvalue weighted by Gasteiger charge is -2.04. The second kappa shape index (κ2) is 7.89. The van der Waals surface area contributed by atoms with Crippen LogP contribution in [0.1, 0.15) is 27.7 Å². The number of nitrogens with zero attached hydrogens (tertiary/aromatic N) is 2. The van der Waals surface area contributed by atoms with Gasteiger partial charge in [-0.3, -0.25) is 9.59 Å². The van der Waals surface area contributed by atoms with Gasteiger partial charge in [-0.1, -0.05) is 12.1 Å². The van der Waals surface area contributed by atoms with Crippen molar-refractivity contribution in [3.8, 4) is 0 Å². The molecule has 0 saturated heterocycles. The molecule has 4 aromatic rings. The second-order valence-electron chi connectivity index (χ2n) is 6.89.